The van der Waals surface area contributed by atoms with Crippen molar-refractivity contribution in [2.45, 2.75) is 35.8 Å². The number of hydrogen-bond acceptors (Lipinski definition) is 2. The predicted molar refractivity (Wildman–Crippen MR) is 81.8 cm³/mol. The normalized spacial score (nSPS) is 31.8. The smallest absolute Gasteiger partial charge is 0.0311 e. The Hall–Kier alpha value is 0.01000. The summed E-state index contributed by atoms with van der Waals surface area (Å²) in [5.41, 5.74) is 6.05. The van der Waals surface area contributed by atoms with E-state index in [2.05, 4.69) is 40.2 Å². The summed E-state index contributed by atoms with van der Waals surface area (Å²) in [6.07, 6.45) is 5.81. The average molecular weight is 326 g/mol. The molecule has 2 saturated carbocycles. The summed E-state index contributed by atoms with van der Waals surface area (Å²) < 4.78 is 1.21. The zero-order valence-electron chi connectivity index (χ0n) is 10.5. The first-order valence-corrected chi connectivity index (χ1v) is 8.56. The second kappa shape index (κ2) is 5.56. The Morgan fingerprint density at radius 1 is 1.28 bits per heavy atom. The molecule has 2 bridgehead atoms. The summed E-state index contributed by atoms with van der Waals surface area (Å²) >= 11 is 5.62. The van der Waals surface area contributed by atoms with E-state index in [-0.39, 0.29) is 0 Å². The van der Waals surface area contributed by atoms with Crippen molar-refractivity contribution in [3.8, 4) is 0 Å². The fourth-order valence-corrected chi connectivity index (χ4v) is 5.60. The third-order valence-corrected chi connectivity index (χ3v) is 7.03. The van der Waals surface area contributed by atoms with E-state index in [0.29, 0.717) is 5.25 Å². The van der Waals surface area contributed by atoms with Gasteiger partial charge >= 0.3 is 0 Å². The number of hydrogen-bond donors (Lipinski definition) is 1. The third kappa shape index (κ3) is 2.50. The van der Waals surface area contributed by atoms with Crippen LogP contribution in [-0.2, 0) is 0 Å². The van der Waals surface area contributed by atoms with Crippen molar-refractivity contribution in [3.63, 3.8) is 0 Å². The monoisotopic (exact) mass is 325 g/mol. The van der Waals surface area contributed by atoms with Gasteiger partial charge in [-0.1, -0.05) is 18.6 Å². The Morgan fingerprint density at radius 3 is 2.72 bits per heavy atom. The van der Waals surface area contributed by atoms with Gasteiger partial charge < -0.3 is 5.73 Å². The second-order valence-electron chi connectivity index (χ2n) is 5.66. The van der Waals surface area contributed by atoms with Gasteiger partial charge in [0.2, 0.25) is 0 Å². The highest BCUT2D eigenvalue weighted by Crippen LogP contribution is 2.52. The molecule has 1 aromatic rings. The molecule has 18 heavy (non-hydrogen) atoms. The SMILES string of the molecule is NCC(Sc1ccccc1Br)C1CC2CCC1C2. The van der Waals surface area contributed by atoms with E-state index in [1.165, 1.54) is 35.1 Å². The van der Waals surface area contributed by atoms with Crippen LogP contribution in [0.25, 0.3) is 0 Å². The molecule has 2 aliphatic rings. The number of nitrogens with two attached hydrogens (primary N) is 1. The molecule has 0 aliphatic heterocycles. The van der Waals surface area contributed by atoms with E-state index in [9.17, 15) is 0 Å². The van der Waals surface area contributed by atoms with Crippen LogP contribution >= 0.6 is 27.7 Å². The van der Waals surface area contributed by atoms with Crippen molar-refractivity contribution in [1.29, 1.82) is 0 Å². The lowest BCUT2D eigenvalue weighted by Crippen LogP contribution is -2.30. The molecule has 98 valence electrons. The molecule has 0 saturated heterocycles. The van der Waals surface area contributed by atoms with Crippen molar-refractivity contribution in [3.05, 3.63) is 28.7 Å². The minimum Gasteiger partial charge on any atom is -0.329 e. The fraction of sp³-hybridized carbons (Fsp3) is 0.600. The standard InChI is InChI=1S/C15H20BrNS/c16-13-3-1-2-4-14(13)18-15(9-17)12-8-10-5-6-11(12)7-10/h1-4,10-12,15H,5-9,17H2. The first kappa shape index (κ1) is 13.0. The van der Waals surface area contributed by atoms with Gasteiger partial charge in [-0.05, 0) is 65.1 Å². The number of benzene rings is 1. The summed E-state index contributed by atoms with van der Waals surface area (Å²) in [5, 5.41) is 0.596. The molecule has 0 spiro atoms. The number of fused-ring (bicyclic) bond motifs is 2. The molecule has 0 heterocycles. The van der Waals surface area contributed by atoms with Crippen LogP contribution in [0.4, 0.5) is 0 Å². The molecular weight excluding hydrogens is 306 g/mol. The number of halogens is 1. The summed E-state index contributed by atoms with van der Waals surface area (Å²) in [5.74, 6) is 2.82. The predicted octanol–water partition coefficient (Wildman–Crippen LogP) is 4.30. The summed E-state index contributed by atoms with van der Waals surface area (Å²) in [7, 11) is 0. The molecule has 3 rings (SSSR count). The van der Waals surface area contributed by atoms with Gasteiger partial charge in [0.25, 0.3) is 0 Å². The van der Waals surface area contributed by atoms with Gasteiger partial charge in [0.05, 0.1) is 0 Å². The lowest BCUT2D eigenvalue weighted by atomic mass is 9.86. The van der Waals surface area contributed by atoms with Crippen molar-refractivity contribution >= 4 is 27.7 Å². The molecule has 0 amide bonds. The van der Waals surface area contributed by atoms with E-state index in [0.717, 1.165) is 24.3 Å². The highest BCUT2D eigenvalue weighted by molar-refractivity contribution is 9.10. The minimum atomic E-state index is 0.596. The number of rotatable bonds is 4. The van der Waals surface area contributed by atoms with Crippen LogP contribution in [0.15, 0.2) is 33.6 Å². The minimum absolute atomic E-state index is 0.596. The maximum absolute atomic E-state index is 6.05. The fourth-order valence-electron chi connectivity index (χ4n) is 3.76. The number of thioether (sulfide) groups is 1. The van der Waals surface area contributed by atoms with Crippen molar-refractivity contribution in [1.82, 2.24) is 0 Å². The molecule has 0 radical (unpaired) electrons. The molecule has 0 aromatic heterocycles. The van der Waals surface area contributed by atoms with Crippen molar-refractivity contribution in [2.24, 2.45) is 23.5 Å². The summed E-state index contributed by atoms with van der Waals surface area (Å²) in [4.78, 5) is 1.34. The van der Waals surface area contributed by atoms with Crippen molar-refractivity contribution in [2.75, 3.05) is 6.54 Å². The Kier molecular flexibility index (Phi) is 4.02. The Labute approximate surface area is 122 Å². The van der Waals surface area contributed by atoms with E-state index >= 15 is 0 Å². The van der Waals surface area contributed by atoms with Crippen LogP contribution in [0.3, 0.4) is 0 Å². The highest BCUT2D eigenvalue weighted by Gasteiger charge is 2.42. The first-order valence-electron chi connectivity index (χ1n) is 6.89. The lowest BCUT2D eigenvalue weighted by Gasteiger charge is -2.29. The van der Waals surface area contributed by atoms with Gasteiger partial charge in [0.15, 0.2) is 0 Å². The average Bonchev–Trinajstić information content (AvgIpc) is 3.00. The van der Waals surface area contributed by atoms with Crippen LogP contribution in [-0.4, -0.2) is 11.8 Å². The van der Waals surface area contributed by atoms with Gasteiger partial charge in [-0.15, -0.1) is 11.8 Å². The third-order valence-electron chi connectivity index (χ3n) is 4.62. The van der Waals surface area contributed by atoms with E-state index in [1.54, 1.807) is 0 Å². The zero-order chi connectivity index (χ0) is 12.5. The van der Waals surface area contributed by atoms with E-state index in [1.807, 2.05) is 11.8 Å². The highest BCUT2D eigenvalue weighted by atomic mass is 79.9. The van der Waals surface area contributed by atoms with Crippen LogP contribution in [0.2, 0.25) is 0 Å². The second-order valence-corrected chi connectivity index (χ2v) is 7.80. The van der Waals surface area contributed by atoms with Crippen molar-refractivity contribution < 1.29 is 0 Å². The van der Waals surface area contributed by atoms with Crippen LogP contribution < -0.4 is 5.73 Å². The summed E-state index contributed by atoms with van der Waals surface area (Å²) in [6, 6.07) is 8.51. The molecular formula is C15H20BrNS. The van der Waals surface area contributed by atoms with E-state index < -0.39 is 0 Å². The van der Waals surface area contributed by atoms with Gasteiger partial charge in [0.1, 0.15) is 0 Å². The molecule has 2 fully saturated rings. The molecule has 3 heteroatoms. The summed E-state index contributed by atoms with van der Waals surface area (Å²) in [6.45, 7) is 0.805. The molecule has 1 aromatic carbocycles. The van der Waals surface area contributed by atoms with Gasteiger partial charge in [-0.2, -0.15) is 0 Å². The molecule has 1 nitrogen and oxygen atoms in total. The first-order chi connectivity index (χ1) is 8.78. The lowest BCUT2D eigenvalue weighted by molar-refractivity contribution is 0.326. The van der Waals surface area contributed by atoms with E-state index in [4.69, 9.17) is 5.73 Å². The largest absolute Gasteiger partial charge is 0.329 e. The molecule has 2 aliphatic carbocycles. The zero-order valence-corrected chi connectivity index (χ0v) is 12.9. The Bertz CT molecular complexity index is 423. The van der Waals surface area contributed by atoms with Gasteiger partial charge in [-0.3, -0.25) is 0 Å². The maximum atomic E-state index is 6.05. The maximum Gasteiger partial charge on any atom is 0.0311 e. The van der Waals surface area contributed by atoms with Crippen LogP contribution in [0.5, 0.6) is 0 Å². The Morgan fingerprint density at radius 2 is 2.11 bits per heavy atom. The van der Waals surface area contributed by atoms with Crippen LogP contribution in [0.1, 0.15) is 25.7 Å². The van der Waals surface area contributed by atoms with Gasteiger partial charge in [0, 0.05) is 21.2 Å². The van der Waals surface area contributed by atoms with Gasteiger partial charge in [-0.25, -0.2) is 0 Å². The molecule has 2 N–H and O–H groups in total. The molecule has 4 atom stereocenters. The quantitative estimate of drug-likeness (QED) is 0.835. The molecule has 4 unspecified atom stereocenters. The topological polar surface area (TPSA) is 26.0 Å². The van der Waals surface area contributed by atoms with Crippen LogP contribution in [0, 0.1) is 17.8 Å². The Balaban J connectivity index is 1.72.